The molecule has 1 aromatic rings. The van der Waals surface area contributed by atoms with Crippen molar-refractivity contribution in [1.82, 2.24) is 8.61 Å². The molecule has 11 heteroatoms. The molecule has 2 saturated heterocycles. The SMILES string of the molecule is CCCOc1ccc(S(=O)(=O)N2C[C@@H](N3CCCS3(=O)=O)C[C@@H]2C(=O)OC)cc1. The molecule has 0 saturated carbocycles. The van der Waals surface area contributed by atoms with Gasteiger partial charge < -0.3 is 9.47 Å². The van der Waals surface area contributed by atoms with Gasteiger partial charge in [-0.3, -0.25) is 4.79 Å². The Hall–Kier alpha value is -1.69. The van der Waals surface area contributed by atoms with Crippen LogP contribution in [0.3, 0.4) is 0 Å². The number of carbonyl (C=O) groups excluding carboxylic acids is 1. The molecule has 29 heavy (non-hydrogen) atoms. The van der Waals surface area contributed by atoms with Gasteiger partial charge in [0.2, 0.25) is 20.0 Å². The average Bonchev–Trinajstić information content (AvgIpc) is 3.29. The first-order valence-corrected chi connectivity index (χ1v) is 12.6. The van der Waals surface area contributed by atoms with Gasteiger partial charge in [-0.05, 0) is 43.5 Å². The van der Waals surface area contributed by atoms with E-state index in [-0.39, 0.29) is 23.6 Å². The third-order valence-corrected chi connectivity index (χ3v) is 9.04. The molecular weight excluding hydrogens is 420 g/mol. The van der Waals surface area contributed by atoms with Crippen molar-refractivity contribution in [2.24, 2.45) is 0 Å². The number of rotatable bonds is 7. The highest BCUT2D eigenvalue weighted by atomic mass is 32.2. The van der Waals surface area contributed by atoms with Crippen molar-refractivity contribution in [3.63, 3.8) is 0 Å². The number of methoxy groups -OCH3 is 1. The Morgan fingerprint density at radius 3 is 2.48 bits per heavy atom. The lowest BCUT2D eigenvalue weighted by atomic mass is 10.2. The largest absolute Gasteiger partial charge is 0.494 e. The van der Waals surface area contributed by atoms with E-state index >= 15 is 0 Å². The van der Waals surface area contributed by atoms with Gasteiger partial charge in [0.25, 0.3) is 0 Å². The van der Waals surface area contributed by atoms with Crippen LogP contribution in [0.15, 0.2) is 29.2 Å². The zero-order valence-electron chi connectivity index (χ0n) is 16.5. The van der Waals surface area contributed by atoms with Crippen LogP contribution in [0, 0.1) is 0 Å². The summed E-state index contributed by atoms with van der Waals surface area (Å²) < 4.78 is 63.6. The van der Waals surface area contributed by atoms with Crippen molar-refractivity contribution in [2.45, 2.75) is 43.2 Å². The lowest BCUT2D eigenvalue weighted by Crippen LogP contribution is -2.42. The number of hydrogen-bond donors (Lipinski definition) is 0. The Morgan fingerprint density at radius 1 is 1.24 bits per heavy atom. The minimum Gasteiger partial charge on any atom is -0.494 e. The highest BCUT2D eigenvalue weighted by molar-refractivity contribution is 7.89. The number of esters is 1. The van der Waals surface area contributed by atoms with E-state index in [2.05, 4.69) is 0 Å². The Bertz CT molecular complexity index is 945. The van der Waals surface area contributed by atoms with Crippen molar-refractivity contribution in [1.29, 1.82) is 0 Å². The summed E-state index contributed by atoms with van der Waals surface area (Å²) in [4.78, 5) is 12.3. The lowest BCUT2D eigenvalue weighted by Gasteiger charge is -2.23. The number of carbonyl (C=O) groups is 1. The molecule has 0 N–H and O–H groups in total. The molecule has 2 fully saturated rings. The average molecular weight is 447 g/mol. The molecule has 9 nitrogen and oxygen atoms in total. The van der Waals surface area contributed by atoms with Crippen LogP contribution in [-0.2, 0) is 29.6 Å². The summed E-state index contributed by atoms with van der Waals surface area (Å²) in [6, 6.07) is 4.32. The first kappa shape index (κ1) is 22.0. The summed E-state index contributed by atoms with van der Waals surface area (Å²) >= 11 is 0. The summed E-state index contributed by atoms with van der Waals surface area (Å²) in [5.74, 6) is -0.105. The van der Waals surface area contributed by atoms with Crippen molar-refractivity contribution < 1.29 is 31.1 Å². The Balaban J connectivity index is 1.88. The van der Waals surface area contributed by atoms with Crippen LogP contribution in [-0.4, -0.2) is 76.1 Å². The Morgan fingerprint density at radius 2 is 1.93 bits per heavy atom. The summed E-state index contributed by atoms with van der Waals surface area (Å²) in [5, 5.41) is 0. The summed E-state index contributed by atoms with van der Waals surface area (Å²) in [7, 11) is -6.27. The quantitative estimate of drug-likeness (QED) is 0.570. The second-order valence-corrected chi connectivity index (χ2v) is 11.0. The molecule has 0 unspecified atom stereocenters. The fourth-order valence-electron chi connectivity index (χ4n) is 3.74. The molecule has 1 aromatic carbocycles. The third-order valence-electron chi connectivity index (χ3n) is 5.16. The maximum atomic E-state index is 13.2. The molecule has 2 aliphatic heterocycles. The number of benzene rings is 1. The second-order valence-electron chi connectivity index (χ2n) is 7.10. The second kappa shape index (κ2) is 8.58. The number of sulfonamides is 2. The van der Waals surface area contributed by atoms with Crippen LogP contribution >= 0.6 is 0 Å². The van der Waals surface area contributed by atoms with Crippen LogP contribution in [0.2, 0.25) is 0 Å². The fourth-order valence-corrected chi connectivity index (χ4v) is 7.11. The van der Waals surface area contributed by atoms with Gasteiger partial charge in [0, 0.05) is 19.1 Å². The Kier molecular flexibility index (Phi) is 6.51. The summed E-state index contributed by atoms with van der Waals surface area (Å²) in [5.41, 5.74) is 0. The molecule has 162 valence electrons. The zero-order chi connectivity index (χ0) is 21.2. The van der Waals surface area contributed by atoms with Gasteiger partial charge in [0.1, 0.15) is 11.8 Å². The van der Waals surface area contributed by atoms with E-state index in [9.17, 15) is 21.6 Å². The molecule has 0 aromatic heterocycles. The summed E-state index contributed by atoms with van der Waals surface area (Å²) in [6.45, 7) is 2.73. The number of nitrogens with zero attached hydrogens (tertiary/aromatic N) is 2. The van der Waals surface area contributed by atoms with Crippen LogP contribution in [0.25, 0.3) is 0 Å². The van der Waals surface area contributed by atoms with Gasteiger partial charge in [-0.1, -0.05) is 6.92 Å². The predicted molar refractivity (Wildman–Crippen MR) is 105 cm³/mol. The monoisotopic (exact) mass is 446 g/mol. The molecule has 0 bridgehead atoms. The summed E-state index contributed by atoms with van der Waals surface area (Å²) in [6.07, 6.45) is 1.39. The van der Waals surface area contributed by atoms with Crippen molar-refractivity contribution in [3.8, 4) is 5.75 Å². The first-order chi connectivity index (χ1) is 13.7. The van der Waals surface area contributed by atoms with Crippen molar-refractivity contribution >= 4 is 26.0 Å². The molecule has 0 aliphatic carbocycles. The van der Waals surface area contributed by atoms with Crippen LogP contribution in [0.1, 0.15) is 26.2 Å². The van der Waals surface area contributed by atoms with Gasteiger partial charge in [0.05, 0.1) is 24.4 Å². The molecule has 2 heterocycles. The van der Waals surface area contributed by atoms with Gasteiger partial charge in [-0.2, -0.15) is 8.61 Å². The van der Waals surface area contributed by atoms with E-state index in [1.54, 1.807) is 12.1 Å². The van der Waals surface area contributed by atoms with Crippen molar-refractivity contribution in [2.75, 3.05) is 32.6 Å². The van der Waals surface area contributed by atoms with E-state index in [4.69, 9.17) is 9.47 Å². The van der Waals surface area contributed by atoms with E-state index in [0.29, 0.717) is 25.3 Å². The third kappa shape index (κ3) is 4.42. The molecule has 0 amide bonds. The lowest BCUT2D eigenvalue weighted by molar-refractivity contribution is -0.144. The normalized spacial score (nSPS) is 25.2. The van der Waals surface area contributed by atoms with E-state index in [0.717, 1.165) is 10.7 Å². The van der Waals surface area contributed by atoms with Gasteiger partial charge in [-0.15, -0.1) is 0 Å². The topological polar surface area (TPSA) is 110 Å². The van der Waals surface area contributed by atoms with Crippen molar-refractivity contribution in [3.05, 3.63) is 24.3 Å². The molecule has 0 radical (unpaired) electrons. The van der Waals surface area contributed by atoms with Crippen LogP contribution < -0.4 is 4.74 Å². The minimum atomic E-state index is -4.02. The van der Waals surface area contributed by atoms with Gasteiger partial charge >= 0.3 is 5.97 Å². The van der Waals surface area contributed by atoms with Gasteiger partial charge in [-0.25, -0.2) is 16.8 Å². The first-order valence-electron chi connectivity index (χ1n) is 9.52. The van der Waals surface area contributed by atoms with Crippen LogP contribution in [0.5, 0.6) is 5.75 Å². The highest BCUT2D eigenvalue weighted by Crippen LogP contribution is 2.33. The zero-order valence-corrected chi connectivity index (χ0v) is 18.1. The Labute approximate surface area is 171 Å². The fraction of sp³-hybridized carbons (Fsp3) is 0.611. The standard InChI is InChI=1S/C18H26N2O7S2/c1-3-10-27-15-5-7-16(8-6-15)29(24,25)20-13-14(12-17(20)18(21)26-2)19-9-4-11-28(19,22)23/h5-8,14,17H,3-4,9-13H2,1-2H3/t14-,17+/m0/s1. The smallest absolute Gasteiger partial charge is 0.324 e. The molecule has 0 spiro atoms. The molecule has 2 atom stereocenters. The number of ether oxygens (including phenoxy) is 2. The number of hydrogen-bond acceptors (Lipinski definition) is 7. The predicted octanol–water partition coefficient (Wildman–Crippen LogP) is 0.816. The maximum Gasteiger partial charge on any atom is 0.324 e. The van der Waals surface area contributed by atoms with E-state index in [1.165, 1.54) is 23.5 Å². The maximum absolute atomic E-state index is 13.2. The van der Waals surface area contributed by atoms with E-state index < -0.39 is 38.1 Å². The van der Waals surface area contributed by atoms with Gasteiger partial charge in [0.15, 0.2) is 0 Å². The van der Waals surface area contributed by atoms with E-state index in [1.807, 2.05) is 6.92 Å². The molecule has 2 aliphatic rings. The minimum absolute atomic E-state index is 0.0141. The molecule has 3 rings (SSSR count). The molecular formula is C18H26N2O7S2. The highest BCUT2D eigenvalue weighted by Gasteiger charge is 2.49. The van der Waals surface area contributed by atoms with Crippen LogP contribution in [0.4, 0.5) is 0 Å².